The first kappa shape index (κ1) is 12.0. The van der Waals surface area contributed by atoms with Crippen LogP contribution in [0.2, 0.25) is 0 Å². The van der Waals surface area contributed by atoms with Crippen molar-refractivity contribution in [1.29, 1.82) is 0 Å². The number of hydrogen-bond donors (Lipinski definition) is 1. The summed E-state index contributed by atoms with van der Waals surface area (Å²) in [6.07, 6.45) is 3.00. The third-order valence-corrected chi connectivity index (χ3v) is 3.53. The highest BCUT2D eigenvalue weighted by atomic mass is 79.9. The Hall–Kier alpha value is -0.450. The Morgan fingerprint density at radius 3 is 3.12 bits per heavy atom. The molecule has 1 aliphatic rings. The summed E-state index contributed by atoms with van der Waals surface area (Å²) < 4.78 is 6.41. The van der Waals surface area contributed by atoms with Crippen LogP contribution in [0, 0.1) is 5.92 Å². The molecular weight excluding hydrogens is 268 g/mol. The molecule has 1 saturated heterocycles. The van der Waals surface area contributed by atoms with Crippen molar-refractivity contribution in [1.82, 2.24) is 10.3 Å². The Labute approximate surface area is 105 Å². The van der Waals surface area contributed by atoms with Gasteiger partial charge in [0.2, 0.25) is 0 Å². The van der Waals surface area contributed by atoms with Crippen molar-refractivity contribution in [2.45, 2.75) is 25.9 Å². The van der Waals surface area contributed by atoms with E-state index in [4.69, 9.17) is 4.74 Å². The largest absolute Gasteiger partial charge is 0.381 e. The van der Waals surface area contributed by atoms with Gasteiger partial charge < -0.3 is 10.1 Å². The third kappa shape index (κ3) is 3.27. The van der Waals surface area contributed by atoms with Crippen LogP contribution in [0.15, 0.2) is 22.8 Å². The lowest BCUT2D eigenvalue weighted by Crippen LogP contribution is -2.33. The molecule has 1 aliphatic heterocycles. The molecule has 0 bridgehead atoms. The first-order valence-electron chi connectivity index (χ1n) is 5.67. The Bertz CT molecular complexity index is 322. The van der Waals surface area contributed by atoms with Crippen LogP contribution in [0.1, 0.15) is 19.0 Å². The number of pyridine rings is 1. The molecule has 16 heavy (non-hydrogen) atoms. The first-order chi connectivity index (χ1) is 7.75. The van der Waals surface area contributed by atoms with Crippen LogP contribution in [0.4, 0.5) is 0 Å². The molecule has 1 N–H and O–H groups in total. The zero-order valence-corrected chi connectivity index (χ0v) is 11.0. The number of ether oxygens (including phenoxy) is 1. The van der Waals surface area contributed by atoms with Gasteiger partial charge >= 0.3 is 0 Å². The van der Waals surface area contributed by atoms with Crippen molar-refractivity contribution in [2.75, 3.05) is 13.2 Å². The summed E-state index contributed by atoms with van der Waals surface area (Å²) in [4.78, 5) is 4.34. The highest BCUT2D eigenvalue weighted by Crippen LogP contribution is 2.16. The predicted octanol–water partition coefficient (Wildman–Crippen LogP) is 2.36. The molecule has 1 aromatic rings. The van der Waals surface area contributed by atoms with Crippen LogP contribution in [0.5, 0.6) is 0 Å². The minimum Gasteiger partial charge on any atom is -0.381 e. The van der Waals surface area contributed by atoms with Crippen molar-refractivity contribution in [3.05, 3.63) is 28.5 Å². The van der Waals surface area contributed by atoms with E-state index in [1.807, 2.05) is 18.3 Å². The van der Waals surface area contributed by atoms with Crippen LogP contribution in [0.25, 0.3) is 0 Å². The second-order valence-corrected chi connectivity index (χ2v) is 5.18. The summed E-state index contributed by atoms with van der Waals surface area (Å²) in [5, 5.41) is 3.50. The zero-order valence-electron chi connectivity index (χ0n) is 9.45. The van der Waals surface area contributed by atoms with Gasteiger partial charge in [-0.05, 0) is 47.3 Å². The zero-order chi connectivity index (χ0) is 11.4. The molecule has 2 unspecified atom stereocenters. The van der Waals surface area contributed by atoms with Gasteiger partial charge in [0.1, 0.15) is 0 Å². The summed E-state index contributed by atoms with van der Waals surface area (Å²) in [7, 11) is 0. The quantitative estimate of drug-likeness (QED) is 0.922. The highest BCUT2D eigenvalue weighted by Gasteiger charge is 2.21. The number of halogens is 1. The van der Waals surface area contributed by atoms with Crippen molar-refractivity contribution >= 4 is 15.9 Å². The van der Waals surface area contributed by atoms with E-state index < -0.39 is 0 Å². The average molecular weight is 285 g/mol. The van der Waals surface area contributed by atoms with Gasteiger partial charge in [0.05, 0.1) is 12.3 Å². The van der Waals surface area contributed by atoms with E-state index in [0.717, 1.165) is 29.9 Å². The molecule has 1 aromatic heterocycles. The van der Waals surface area contributed by atoms with Crippen molar-refractivity contribution < 1.29 is 4.74 Å². The van der Waals surface area contributed by atoms with E-state index >= 15 is 0 Å². The molecule has 0 spiro atoms. The summed E-state index contributed by atoms with van der Waals surface area (Å²) in [6.45, 7) is 4.85. The summed E-state index contributed by atoms with van der Waals surface area (Å²) >= 11 is 3.38. The van der Waals surface area contributed by atoms with E-state index in [0.29, 0.717) is 12.0 Å². The van der Waals surface area contributed by atoms with E-state index in [2.05, 4.69) is 33.2 Å². The van der Waals surface area contributed by atoms with Gasteiger partial charge in [-0.25, -0.2) is 0 Å². The Morgan fingerprint density at radius 2 is 2.50 bits per heavy atom. The first-order valence-corrected chi connectivity index (χ1v) is 6.46. The minimum absolute atomic E-state index is 0.493. The fourth-order valence-corrected chi connectivity index (χ4v) is 2.12. The second kappa shape index (κ2) is 5.75. The maximum absolute atomic E-state index is 5.38. The second-order valence-electron chi connectivity index (χ2n) is 4.26. The maximum Gasteiger partial charge on any atom is 0.0542 e. The number of rotatable bonds is 4. The predicted molar refractivity (Wildman–Crippen MR) is 67.2 cm³/mol. The minimum atomic E-state index is 0.493. The molecule has 0 aliphatic carbocycles. The van der Waals surface area contributed by atoms with Gasteiger partial charge in [0.25, 0.3) is 0 Å². The van der Waals surface area contributed by atoms with Crippen LogP contribution in [0.3, 0.4) is 0 Å². The Kier molecular flexibility index (Phi) is 4.32. The number of hydrogen-bond acceptors (Lipinski definition) is 3. The SMILES string of the molecule is CC(NCc1ccc(Br)cn1)C1CCOC1. The average Bonchev–Trinajstić information content (AvgIpc) is 2.81. The van der Waals surface area contributed by atoms with Gasteiger partial charge in [-0.3, -0.25) is 4.98 Å². The molecule has 0 aromatic carbocycles. The fraction of sp³-hybridized carbons (Fsp3) is 0.583. The molecule has 3 nitrogen and oxygen atoms in total. The van der Waals surface area contributed by atoms with E-state index in [1.54, 1.807) is 0 Å². The maximum atomic E-state index is 5.38. The normalized spacial score (nSPS) is 22.2. The Balaban J connectivity index is 1.80. The molecule has 1 fully saturated rings. The molecular formula is C12H17BrN2O. The van der Waals surface area contributed by atoms with Crippen molar-refractivity contribution in [2.24, 2.45) is 5.92 Å². The molecule has 4 heteroatoms. The number of aromatic nitrogens is 1. The van der Waals surface area contributed by atoms with Gasteiger partial charge in [0, 0.05) is 29.9 Å². The van der Waals surface area contributed by atoms with Crippen LogP contribution < -0.4 is 5.32 Å². The van der Waals surface area contributed by atoms with Crippen LogP contribution in [-0.4, -0.2) is 24.2 Å². The summed E-state index contributed by atoms with van der Waals surface area (Å²) in [5.74, 6) is 0.649. The molecule has 2 atom stereocenters. The van der Waals surface area contributed by atoms with E-state index in [-0.39, 0.29) is 0 Å². The van der Waals surface area contributed by atoms with E-state index in [9.17, 15) is 0 Å². The van der Waals surface area contributed by atoms with Gasteiger partial charge in [-0.1, -0.05) is 0 Å². The van der Waals surface area contributed by atoms with Crippen molar-refractivity contribution in [3.8, 4) is 0 Å². The summed E-state index contributed by atoms with van der Waals surface area (Å²) in [5.41, 5.74) is 1.08. The van der Waals surface area contributed by atoms with Crippen LogP contribution >= 0.6 is 15.9 Å². The van der Waals surface area contributed by atoms with E-state index in [1.165, 1.54) is 6.42 Å². The van der Waals surface area contributed by atoms with Gasteiger partial charge in [0.15, 0.2) is 0 Å². The fourth-order valence-electron chi connectivity index (χ4n) is 1.89. The summed E-state index contributed by atoms with van der Waals surface area (Å²) in [6, 6.07) is 4.55. The molecule has 0 saturated carbocycles. The number of nitrogens with one attached hydrogen (secondary N) is 1. The molecule has 2 heterocycles. The lowest BCUT2D eigenvalue weighted by molar-refractivity contribution is 0.178. The van der Waals surface area contributed by atoms with Crippen LogP contribution in [-0.2, 0) is 11.3 Å². The number of nitrogens with zero attached hydrogens (tertiary/aromatic N) is 1. The lowest BCUT2D eigenvalue weighted by Gasteiger charge is -2.18. The lowest BCUT2D eigenvalue weighted by atomic mass is 10.0. The topological polar surface area (TPSA) is 34.2 Å². The monoisotopic (exact) mass is 284 g/mol. The standard InChI is InChI=1S/C12H17BrN2O/c1-9(10-4-5-16-8-10)14-7-12-3-2-11(13)6-15-12/h2-3,6,9-10,14H,4-5,7-8H2,1H3. The molecule has 88 valence electrons. The van der Waals surface area contributed by atoms with Gasteiger partial charge in [-0.15, -0.1) is 0 Å². The van der Waals surface area contributed by atoms with Gasteiger partial charge in [-0.2, -0.15) is 0 Å². The molecule has 0 radical (unpaired) electrons. The molecule has 2 rings (SSSR count). The Morgan fingerprint density at radius 1 is 1.62 bits per heavy atom. The van der Waals surface area contributed by atoms with Crippen molar-refractivity contribution in [3.63, 3.8) is 0 Å². The molecule has 0 amide bonds. The third-order valence-electron chi connectivity index (χ3n) is 3.07. The highest BCUT2D eigenvalue weighted by molar-refractivity contribution is 9.10. The smallest absolute Gasteiger partial charge is 0.0542 e.